The van der Waals surface area contributed by atoms with Gasteiger partial charge in [-0.05, 0) is 13.0 Å². The van der Waals surface area contributed by atoms with Crippen LogP contribution in [0.5, 0.6) is 0 Å². The van der Waals surface area contributed by atoms with Crippen molar-refractivity contribution >= 4 is 23.4 Å². The van der Waals surface area contributed by atoms with Gasteiger partial charge in [-0.2, -0.15) is 0 Å². The monoisotopic (exact) mass is 460 g/mol. The van der Waals surface area contributed by atoms with Crippen LogP contribution in [0.25, 0.3) is 5.65 Å². The smallest absolute Gasteiger partial charge is 0.274 e. The lowest BCUT2D eigenvalue weighted by Gasteiger charge is -2.33. The van der Waals surface area contributed by atoms with Gasteiger partial charge in [0.15, 0.2) is 0 Å². The third-order valence-electron chi connectivity index (χ3n) is 5.72. The summed E-state index contributed by atoms with van der Waals surface area (Å²) < 4.78 is 42.2. The van der Waals surface area contributed by atoms with E-state index in [-0.39, 0.29) is 29.0 Å². The summed E-state index contributed by atoms with van der Waals surface area (Å²) in [6.45, 7) is 4.87. The summed E-state index contributed by atoms with van der Waals surface area (Å²) in [7, 11) is 0. The molecule has 0 radical (unpaired) electrons. The lowest BCUT2D eigenvalue weighted by atomic mass is 10.0. The zero-order valence-electron chi connectivity index (χ0n) is 18.1. The van der Waals surface area contributed by atoms with Crippen molar-refractivity contribution in [3.63, 3.8) is 0 Å². The highest BCUT2D eigenvalue weighted by Gasteiger charge is 2.26. The number of rotatable bonds is 5. The molecule has 3 heterocycles. The van der Waals surface area contributed by atoms with Crippen LogP contribution in [0.1, 0.15) is 47.9 Å². The third kappa shape index (κ3) is 4.48. The topological polar surface area (TPSA) is 82.8 Å². The lowest BCUT2D eigenvalue weighted by molar-refractivity contribution is -0.130. The maximum Gasteiger partial charge on any atom is 0.274 e. The first-order valence-corrected chi connectivity index (χ1v) is 10.5. The first-order valence-electron chi connectivity index (χ1n) is 10.5. The summed E-state index contributed by atoms with van der Waals surface area (Å²) in [5.41, 5.74) is 0.0761. The molecule has 174 valence electrons. The van der Waals surface area contributed by atoms with Crippen LogP contribution in [0.3, 0.4) is 0 Å². The molecule has 0 bridgehead atoms. The van der Waals surface area contributed by atoms with Crippen molar-refractivity contribution < 1.29 is 22.8 Å². The van der Waals surface area contributed by atoms with Gasteiger partial charge in [0.05, 0.1) is 11.6 Å². The predicted octanol–water partition coefficient (Wildman–Crippen LogP) is 3.28. The highest BCUT2D eigenvalue weighted by Crippen LogP contribution is 2.28. The number of nitrogens with one attached hydrogen (secondary N) is 1. The molecule has 1 aliphatic rings. The summed E-state index contributed by atoms with van der Waals surface area (Å²) in [6, 6.07) is 4.81. The Morgan fingerprint density at radius 2 is 1.73 bits per heavy atom. The van der Waals surface area contributed by atoms with Crippen LogP contribution in [0.4, 0.5) is 19.1 Å². The molecule has 0 aliphatic carbocycles. The molecule has 1 N–H and O–H groups in total. The minimum absolute atomic E-state index is 0.0266. The molecular formula is C22H23F3N6O2. The fourth-order valence-corrected chi connectivity index (χ4v) is 3.86. The number of imidazole rings is 1. The number of hydrogen-bond donors (Lipinski definition) is 1. The van der Waals surface area contributed by atoms with E-state index in [9.17, 15) is 22.8 Å². The van der Waals surface area contributed by atoms with Crippen molar-refractivity contribution in [3.05, 3.63) is 59.3 Å². The van der Waals surface area contributed by atoms with Gasteiger partial charge in [0.1, 0.15) is 17.2 Å². The Morgan fingerprint density at radius 1 is 1.06 bits per heavy atom. The molecule has 2 aromatic heterocycles. The zero-order valence-corrected chi connectivity index (χ0v) is 18.1. The molecule has 1 saturated heterocycles. The number of amides is 2. The number of aromatic nitrogens is 3. The summed E-state index contributed by atoms with van der Waals surface area (Å²) in [6.07, 6.45) is 0.102. The van der Waals surface area contributed by atoms with E-state index in [4.69, 9.17) is 0 Å². The van der Waals surface area contributed by atoms with E-state index in [2.05, 4.69) is 15.3 Å². The summed E-state index contributed by atoms with van der Waals surface area (Å²) in [5, 5.41) is 3.02. The van der Waals surface area contributed by atoms with Gasteiger partial charge in [-0.25, -0.2) is 23.1 Å². The number of carbonyl (C=O) groups is 2. The Bertz CT molecular complexity index is 1190. The van der Waals surface area contributed by atoms with E-state index in [1.807, 2.05) is 0 Å². The number of carbonyl (C=O) groups excluding carboxylic acids is 2. The molecule has 33 heavy (non-hydrogen) atoms. The number of piperazine rings is 1. The number of fused-ring (bicyclic) bond motifs is 1. The van der Waals surface area contributed by atoms with Gasteiger partial charge in [-0.15, -0.1) is 0 Å². The highest BCUT2D eigenvalue weighted by atomic mass is 19.3. The average molecular weight is 460 g/mol. The second-order valence-electron chi connectivity index (χ2n) is 7.84. The van der Waals surface area contributed by atoms with Crippen molar-refractivity contribution in [2.24, 2.45) is 0 Å². The standard InChI is InChI=1S/C22H23F3N6O2/c1-13(15-4-3-5-16(19(15)23)20(24)25)27-22-26-7-6-18-28-17(12-31(18)22)21(33)30-10-8-29(9-11-30)14(2)32/h3-7,12-13,20H,8-11H2,1-2H3,(H,26,27)/t13-/m1/s1. The van der Waals surface area contributed by atoms with E-state index in [1.165, 1.54) is 31.5 Å². The zero-order chi connectivity index (χ0) is 23.7. The Morgan fingerprint density at radius 3 is 2.39 bits per heavy atom. The largest absolute Gasteiger partial charge is 0.349 e. The Hall–Kier alpha value is -3.63. The number of nitrogens with zero attached hydrogens (tertiary/aromatic N) is 5. The maximum absolute atomic E-state index is 14.5. The van der Waals surface area contributed by atoms with E-state index in [1.54, 1.807) is 27.2 Å². The fourth-order valence-electron chi connectivity index (χ4n) is 3.86. The molecule has 0 spiro atoms. The van der Waals surface area contributed by atoms with Crippen LogP contribution in [-0.2, 0) is 4.79 Å². The molecule has 0 saturated carbocycles. The van der Waals surface area contributed by atoms with Gasteiger partial charge in [-0.3, -0.25) is 14.0 Å². The van der Waals surface area contributed by atoms with Gasteiger partial charge >= 0.3 is 0 Å². The maximum atomic E-state index is 14.5. The number of benzene rings is 1. The van der Waals surface area contributed by atoms with Crippen LogP contribution in [0.2, 0.25) is 0 Å². The fraction of sp³-hybridized carbons (Fsp3) is 0.364. The van der Waals surface area contributed by atoms with Crippen molar-refractivity contribution in [1.29, 1.82) is 0 Å². The molecule has 8 nitrogen and oxygen atoms in total. The molecule has 3 aromatic rings. The van der Waals surface area contributed by atoms with Gasteiger partial charge < -0.3 is 15.1 Å². The molecule has 1 fully saturated rings. The van der Waals surface area contributed by atoms with Gasteiger partial charge in [0.2, 0.25) is 11.9 Å². The highest BCUT2D eigenvalue weighted by molar-refractivity contribution is 5.93. The molecule has 1 atom stereocenters. The lowest BCUT2D eigenvalue weighted by Crippen LogP contribution is -2.50. The normalized spacial score (nSPS) is 15.2. The third-order valence-corrected chi connectivity index (χ3v) is 5.72. The Kier molecular flexibility index (Phi) is 6.21. The second kappa shape index (κ2) is 9.08. The van der Waals surface area contributed by atoms with Gasteiger partial charge in [-0.1, -0.05) is 18.2 Å². The summed E-state index contributed by atoms with van der Waals surface area (Å²) in [4.78, 5) is 36.4. The van der Waals surface area contributed by atoms with E-state index in [0.717, 1.165) is 6.07 Å². The molecule has 2 amide bonds. The number of hydrogen-bond acceptors (Lipinski definition) is 5. The van der Waals surface area contributed by atoms with E-state index < -0.39 is 23.8 Å². The van der Waals surface area contributed by atoms with E-state index in [0.29, 0.717) is 31.8 Å². The SMILES string of the molecule is CC(=O)N1CCN(C(=O)c2cn3c(N[C@H](C)c4cccc(C(F)F)c4F)nccc3n2)CC1. The summed E-state index contributed by atoms with van der Waals surface area (Å²) in [5.74, 6) is -0.974. The summed E-state index contributed by atoms with van der Waals surface area (Å²) >= 11 is 0. The Labute approximate surface area is 188 Å². The van der Waals surface area contributed by atoms with Crippen LogP contribution < -0.4 is 5.32 Å². The molecular weight excluding hydrogens is 437 g/mol. The van der Waals surface area contributed by atoms with Crippen molar-refractivity contribution in [2.45, 2.75) is 26.3 Å². The van der Waals surface area contributed by atoms with Gasteiger partial charge in [0, 0.05) is 51.1 Å². The number of alkyl halides is 2. The van der Waals surface area contributed by atoms with Gasteiger partial charge in [0.25, 0.3) is 12.3 Å². The van der Waals surface area contributed by atoms with Crippen LogP contribution in [-0.4, -0.2) is 62.2 Å². The second-order valence-corrected chi connectivity index (χ2v) is 7.84. The van der Waals surface area contributed by atoms with Crippen LogP contribution in [0, 0.1) is 5.82 Å². The molecule has 0 unspecified atom stereocenters. The molecule has 4 rings (SSSR count). The number of anilines is 1. The first-order chi connectivity index (χ1) is 15.8. The first kappa shape index (κ1) is 22.6. The number of halogens is 3. The van der Waals surface area contributed by atoms with Crippen molar-refractivity contribution in [3.8, 4) is 0 Å². The van der Waals surface area contributed by atoms with Crippen molar-refractivity contribution in [1.82, 2.24) is 24.2 Å². The van der Waals surface area contributed by atoms with Crippen LogP contribution in [0.15, 0.2) is 36.7 Å². The minimum atomic E-state index is -2.92. The van der Waals surface area contributed by atoms with Crippen LogP contribution >= 0.6 is 0 Å². The van der Waals surface area contributed by atoms with E-state index >= 15 is 0 Å². The molecule has 11 heteroatoms. The predicted molar refractivity (Wildman–Crippen MR) is 115 cm³/mol. The quantitative estimate of drug-likeness (QED) is 0.632. The molecule has 1 aliphatic heterocycles. The minimum Gasteiger partial charge on any atom is -0.349 e. The average Bonchev–Trinajstić information content (AvgIpc) is 3.24. The van der Waals surface area contributed by atoms with Crippen molar-refractivity contribution in [2.75, 3.05) is 31.5 Å². The molecule has 1 aromatic carbocycles. The Balaban J connectivity index is 1.55.